The maximum Gasteiger partial charge on any atom is 0.141 e. The van der Waals surface area contributed by atoms with Gasteiger partial charge >= 0.3 is 0 Å². The number of aromatic nitrogens is 2. The molecule has 2 fully saturated rings. The topological polar surface area (TPSA) is 124 Å². The predicted octanol–water partition coefficient (Wildman–Crippen LogP) is 4.79. The second-order valence-corrected chi connectivity index (χ2v) is 11.0. The summed E-state index contributed by atoms with van der Waals surface area (Å²) in [5.74, 6) is 0.338. The molecule has 3 N–H and O–H groups in total. The molecule has 3 aliphatic rings. The lowest BCUT2D eigenvalue weighted by Gasteiger charge is -2.30. The van der Waals surface area contributed by atoms with Crippen LogP contribution in [0.3, 0.4) is 0 Å². The first-order valence-electron chi connectivity index (χ1n) is 11.9. The van der Waals surface area contributed by atoms with Crippen molar-refractivity contribution in [3.63, 3.8) is 0 Å². The first-order valence-corrected chi connectivity index (χ1v) is 13.1. The molecule has 11 heteroatoms. The smallest absolute Gasteiger partial charge is 0.141 e. The van der Waals surface area contributed by atoms with Gasteiger partial charge in [0.1, 0.15) is 29.0 Å². The van der Waals surface area contributed by atoms with Gasteiger partial charge in [0, 0.05) is 41.7 Å². The summed E-state index contributed by atoms with van der Waals surface area (Å²) < 4.78 is 21.3. The number of hydrogen-bond acceptors (Lipinski definition) is 9. The predicted molar refractivity (Wildman–Crippen MR) is 140 cm³/mol. The van der Waals surface area contributed by atoms with E-state index in [1.807, 2.05) is 0 Å². The van der Waals surface area contributed by atoms with E-state index in [1.54, 1.807) is 6.07 Å². The molecule has 2 saturated heterocycles. The van der Waals surface area contributed by atoms with E-state index in [9.17, 15) is 14.9 Å². The van der Waals surface area contributed by atoms with Crippen molar-refractivity contribution in [3.8, 4) is 23.3 Å². The van der Waals surface area contributed by atoms with Crippen LogP contribution in [0, 0.1) is 28.5 Å². The van der Waals surface area contributed by atoms with Gasteiger partial charge in [-0.25, -0.2) is 14.4 Å². The summed E-state index contributed by atoms with van der Waals surface area (Å²) in [7, 11) is 0. The summed E-state index contributed by atoms with van der Waals surface area (Å²) in [6, 6.07) is 8.08. The highest BCUT2D eigenvalue weighted by molar-refractivity contribution is 7.23. The van der Waals surface area contributed by atoms with Crippen LogP contribution in [-0.4, -0.2) is 35.1 Å². The minimum Gasteiger partial charge on any atom is -0.389 e. The molecule has 1 unspecified atom stereocenters. The Morgan fingerprint density at radius 2 is 2.16 bits per heavy atom. The van der Waals surface area contributed by atoms with Crippen molar-refractivity contribution in [1.82, 2.24) is 15.3 Å². The molecule has 2 aromatic carbocycles. The summed E-state index contributed by atoms with van der Waals surface area (Å²) >= 11 is 8.18. The maximum absolute atomic E-state index is 14.8. The standard InChI is InChI=1S/C26H19ClFN7OS/c27-22-18(13-1-2-16(28)24-19(13)14(6-30)25(31)37-24)15-9-36-17(3-4-29)20(15)21-23(22)33-10-34-26(21)35-8-11-5-12(35)7-32-11/h1-2,10-12,17,32H,3,5,7-9,31H2/t11-,12-,17?/m1/s1. The van der Waals surface area contributed by atoms with E-state index in [2.05, 4.69) is 27.3 Å². The third kappa shape index (κ3) is 3.11. The third-order valence-electron chi connectivity index (χ3n) is 7.71. The molecule has 0 amide bonds. The average molecular weight is 532 g/mol. The van der Waals surface area contributed by atoms with Gasteiger partial charge in [0.2, 0.25) is 0 Å². The second kappa shape index (κ2) is 8.23. The number of anilines is 2. The quantitative estimate of drug-likeness (QED) is 0.386. The lowest BCUT2D eigenvalue weighted by molar-refractivity contribution is 0.0703. The highest BCUT2D eigenvalue weighted by Crippen LogP contribution is 2.52. The molecular weight excluding hydrogens is 513 g/mol. The third-order valence-corrected chi connectivity index (χ3v) is 9.10. The normalized spacial score (nSPS) is 22.1. The highest BCUT2D eigenvalue weighted by Gasteiger charge is 2.41. The fraction of sp³-hybridized carbons (Fsp3) is 0.308. The van der Waals surface area contributed by atoms with Gasteiger partial charge in [-0.3, -0.25) is 0 Å². The molecule has 0 aliphatic carbocycles. The number of nitrogens with one attached hydrogen (secondary N) is 1. The second-order valence-electron chi connectivity index (χ2n) is 9.56. The molecule has 8 nitrogen and oxygen atoms in total. The number of rotatable bonds is 3. The zero-order chi connectivity index (χ0) is 25.4. The van der Waals surface area contributed by atoms with Crippen LogP contribution in [0.2, 0.25) is 5.02 Å². The Kier molecular flexibility index (Phi) is 5.04. The molecule has 5 heterocycles. The number of ether oxygens (including phenoxy) is 1. The Morgan fingerprint density at radius 3 is 2.89 bits per heavy atom. The van der Waals surface area contributed by atoms with Crippen molar-refractivity contribution >= 4 is 54.7 Å². The van der Waals surface area contributed by atoms with Gasteiger partial charge < -0.3 is 20.7 Å². The van der Waals surface area contributed by atoms with Gasteiger partial charge in [-0.2, -0.15) is 10.5 Å². The average Bonchev–Trinajstić information content (AvgIpc) is 3.68. The van der Waals surface area contributed by atoms with E-state index in [0.717, 1.165) is 53.2 Å². The lowest BCUT2D eigenvalue weighted by atomic mass is 9.88. The zero-order valence-corrected chi connectivity index (χ0v) is 21.0. The van der Waals surface area contributed by atoms with Crippen LogP contribution < -0.4 is 16.0 Å². The van der Waals surface area contributed by atoms with Crippen LogP contribution in [-0.2, 0) is 11.3 Å². The summed E-state index contributed by atoms with van der Waals surface area (Å²) in [6.07, 6.45) is 2.22. The Morgan fingerprint density at radius 1 is 1.30 bits per heavy atom. The monoisotopic (exact) mass is 531 g/mol. The molecule has 2 aromatic heterocycles. The largest absolute Gasteiger partial charge is 0.389 e. The Hall–Kier alpha value is -3.54. The molecular formula is C26H19ClFN7OS. The minimum absolute atomic E-state index is 0.152. The molecule has 0 radical (unpaired) electrons. The molecule has 2 bridgehead atoms. The minimum atomic E-state index is -0.486. The fourth-order valence-corrected chi connectivity index (χ4v) is 7.48. The summed E-state index contributed by atoms with van der Waals surface area (Å²) in [5.41, 5.74) is 9.72. The van der Waals surface area contributed by atoms with E-state index in [4.69, 9.17) is 27.1 Å². The number of fused-ring (bicyclic) bond motifs is 6. The molecule has 7 rings (SSSR count). The van der Waals surface area contributed by atoms with Crippen molar-refractivity contribution in [2.24, 2.45) is 0 Å². The molecule has 4 aromatic rings. The first-order chi connectivity index (χ1) is 18.0. The van der Waals surface area contributed by atoms with Crippen LogP contribution in [0.5, 0.6) is 0 Å². The lowest BCUT2D eigenvalue weighted by Crippen LogP contribution is -2.44. The summed E-state index contributed by atoms with van der Waals surface area (Å²) in [6.45, 7) is 1.92. The number of nitriles is 2. The van der Waals surface area contributed by atoms with Gasteiger partial charge in [0.25, 0.3) is 0 Å². The number of thiophene rings is 1. The first kappa shape index (κ1) is 22.6. The molecule has 0 saturated carbocycles. The van der Waals surface area contributed by atoms with Crippen molar-refractivity contribution in [3.05, 3.63) is 46.0 Å². The van der Waals surface area contributed by atoms with Crippen LogP contribution >= 0.6 is 22.9 Å². The van der Waals surface area contributed by atoms with Crippen molar-refractivity contribution < 1.29 is 9.13 Å². The van der Waals surface area contributed by atoms with Crippen molar-refractivity contribution in [2.45, 2.75) is 37.6 Å². The fourth-order valence-electron chi connectivity index (χ4n) is 6.17. The maximum atomic E-state index is 14.8. The molecule has 3 aliphatic heterocycles. The van der Waals surface area contributed by atoms with Gasteiger partial charge in [0.15, 0.2) is 0 Å². The van der Waals surface area contributed by atoms with Gasteiger partial charge in [-0.1, -0.05) is 17.7 Å². The van der Waals surface area contributed by atoms with E-state index < -0.39 is 11.9 Å². The van der Waals surface area contributed by atoms with Crippen LogP contribution in [0.4, 0.5) is 15.2 Å². The number of nitrogens with two attached hydrogens (primary N) is 1. The van der Waals surface area contributed by atoms with E-state index in [-0.39, 0.29) is 23.6 Å². The number of nitrogens with zero attached hydrogens (tertiary/aromatic N) is 5. The number of halogens is 2. The van der Waals surface area contributed by atoms with Crippen molar-refractivity contribution in [1.29, 1.82) is 10.5 Å². The van der Waals surface area contributed by atoms with Crippen LogP contribution in [0.25, 0.3) is 32.1 Å². The van der Waals surface area contributed by atoms with Gasteiger partial charge in [-0.05, 0) is 23.6 Å². The Bertz CT molecular complexity index is 1720. The summed E-state index contributed by atoms with van der Waals surface area (Å²) in [4.78, 5) is 11.6. The molecule has 3 atom stereocenters. The van der Waals surface area contributed by atoms with E-state index in [0.29, 0.717) is 43.8 Å². The van der Waals surface area contributed by atoms with Crippen LogP contribution in [0.1, 0.15) is 35.6 Å². The zero-order valence-electron chi connectivity index (χ0n) is 19.4. The Balaban J connectivity index is 1.58. The van der Waals surface area contributed by atoms with Gasteiger partial charge in [0.05, 0.1) is 51.4 Å². The molecule has 184 valence electrons. The van der Waals surface area contributed by atoms with E-state index >= 15 is 0 Å². The number of benzene rings is 2. The molecule has 37 heavy (non-hydrogen) atoms. The Labute approximate surface area is 220 Å². The molecule has 0 spiro atoms. The summed E-state index contributed by atoms with van der Waals surface area (Å²) in [5, 5.41) is 24.8. The number of hydrogen-bond donors (Lipinski definition) is 2. The highest BCUT2D eigenvalue weighted by atomic mass is 35.5. The van der Waals surface area contributed by atoms with Crippen LogP contribution in [0.15, 0.2) is 18.5 Å². The van der Waals surface area contributed by atoms with E-state index in [1.165, 1.54) is 12.4 Å². The number of nitrogen functional groups attached to an aromatic ring is 1. The SMILES string of the molecule is N#CCC1OCc2c(-c3ccc(F)c4sc(N)c(C#N)c34)c(Cl)c3ncnc(N4C[C@H]5C[C@@H]4CN5)c3c21. The van der Waals surface area contributed by atoms with Crippen molar-refractivity contribution in [2.75, 3.05) is 23.7 Å². The number of piperazine rings is 1. The van der Waals surface area contributed by atoms with Gasteiger partial charge in [-0.15, -0.1) is 11.3 Å².